The average Bonchev–Trinajstić information content (AvgIpc) is 3.20. The highest BCUT2D eigenvalue weighted by Gasteiger charge is 2.23. The molecular formula is C27H27N3O2S2. The zero-order valence-corrected chi connectivity index (χ0v) is 21.2. The Hall–Kier alpha value is -2.90. The Kier molecular flexibility index (Phi) is 6.32. The van der Waals surface area contributed by atoms with Gasteiger partial charge >= 0.3 is 0 Å². The van der Waals surface area contributed by atoms with Gasteiger partial charge in [-0.25, -0.2) is 4.98 Å². The number of aryl methyl sites for hydroxylation is 5. The van der Waals surface area contributed by atoms with E-state index >= 15 is 0 Å². The van der Waals surface area contributed by atoms with Gasteiger partial charge in [0.05, 0.1) is 16.8 Å². The first-order chi connectivity index (χ1) is 16.4. The molecular weight excluding hydrogens is 462 g/mol. The predicted molar refractivity (Wildman–Crippen MR) is 142 cm³/mol. The molecule has 0 atom stereocenters. The van der Waals surface area contributed by atoms with Crippen molar-refractivity contribution in [3.05, 3.63) is 79.9 Å². The number of nitrogens with one attached hydrogen (secondary N) is 1. The molecule has 0 bridgehead atoms. The summed E-state index contributed by atoms with van der Waals surface area (Å²) in [6.45, 7) is 5.99. The van der Waals surface area contributed by atoms with Crippen molar-refractivity contribution < 1.29 is 4.79 Å². The molecule has 0 saturated carbocycles. The number of thiophene rings is 1. The zero-order valence-electron chi connectivity index (χ0n) is 19.6. The third-order valence-electron chi connectivity index (χ3n) is 6.33. The number of rotatable bonds is 5. The van der Waals surface area contributed by atoms with Crippen LogP contribution >= 0.6 is 23.1 Å². The number of amides is 1. The van der Waals surface area contributed by atoms with Crippen molar-refractivity contribution in [2.24, 2.45) is 0 Å². The van der Waals surface area contributed by atoms with Crippen LogP contribution in [0.1, 0.15) is 40.0 Å². The first-order valence-electron chi connectivity index (χ1n) is 11.6. The van der Waals surface area contributed by atoms with Gasteiger partial charge < -0.3 is 5.32 Å². The van der Waals surface area contributed by atoms with Crippen molar-refractivity contribution in [1.29, 1.82) is 0 Å². The maximum Gasteiger partial charge on any atom is 0.267 e. The average molecular weight is 490 g/mol. The van der Waals surface area contributed by atoms with Crippen molar-refractivity contribution in [3.63, 3.8) is 0 Å². The van der Waals surface area contributed by atoms with Gasteiger partial charge in [-0.15, -0.1) is 11.3 Å². The van der Waals surface area contributed by atoms with Gasteiger partial charge in [-0.3, -0.25) is 14.2 Å². The SMILES string of the molecule is Cc1ccc(-n2c(SCC(=O)Nc3c(C)cccc3C)nc3sc4c(c3c2=O)CCCC4)cc1. The number of carbonyl (C=O) groups is 1. The van der Waals surface area contributed by atoms with Gasteiger partial charge in [-0.1, -0.05) is 47.7 Å². The summed E-state index contributed by atoms with van der Waals surface area (Å²) in [6.07, 6.45) is 4.22. The van der Waals surface area contributed by atoms with Crippen LogP contribution in [-0.2, 0) is 17.6 Å². The van der Waals surface area contributed by atoms with E-state index in [9.17, 15) is 9.59 Å². The van der Waals surface area contributed by atoms with Crippen LogP contribution in [0.15, 0.2) is 52.4 Å². The number of hydrogen-bond acceptors (Lipinski definition) is 5. The normalized spacial score (nSPS) is 13.1. The lowest BCUT2D eigenvalue weighted by atomic mass is 9.97. The van der Waals surface area contributed by atoms with E-state index in [-0.39, 0.29) is 17.2 Å². The Morgan fingerprint density at radius 3 is 2.50 bits per heavy atom. The number of fused-ring (bicyclic) bond motifs is 3. The summed E-state index contributed by atoms with van der Waals surface area (Å²) in [4.78, 5) is 33.7. The van der Waals surface area contributed by atoms with Crippen LogP contribution in [0, 0.1) is 20.8 Å². The van der Waals surface area contributed by atoms with Crippen LogP contribution in [0.2, 0.25) is 0 Å². The van der Waals surface area contributed by atoms with E-state index in [1.54, 1.807) is 15.9 Å². The third kappa shape index (κ3) is 4.30. The molecule has 174 valence electrons. The molecule has 1 amide bonds. The molecule has 0 spiro atoms. The van der Waals surface area contributed by atoms with E-state index < -0.39 is 0 Å². The fourth-order valence-electron chi connectivity index (χ4n) is 4.52. The number of hydrogen-bond donors (Lipinski definition) is 1. The lowest BCUT2D eigenvalue weighted by Crippen LogP contribution is -2.23. The first kappa shape index (κ1) is 22.9. The molecule has 1 N–H and O–H groups in total. The van der Waals surface area contributed by atoms with Gasteiger partial charge in [0, 0.05) is 10.6 Å². The third-order valence-corrected chi connectivity index (χ3v) is 8.45. The molecule has 5 nitrogen and oxygen atoms in total. The fourth-order valence-corrected chi connectivity index (χ4v) is 6.64. The molecule has 0 fully saturated rings. The van der Waals surface area contributed by atoms with Crippen molar-refractivity contribution in [3.8, 4) is 5.69 Å². The largest absolute Gasteiger partial charge is 0.325 e. The molecule has 34 heavy (non-hydrogen) atoms. The highest BCUT2D eigenvalue weighted by atomic mass is 32.2. The summed E-state index contributed by atoms with van der Waals surface area (Å²) in [5, 5.41) is 4.34. The summed E-state index contributed by atoms with van der Waals surface area (Å²) < 4.78 is 1.68. The fraction of sp³-hybridized carbons (Fsp3) is 0.296. The number of nitrogens with zero attached hydrogens (tertiary/aromatic N) is 2. The van der Waals surface area contributed by atoms with Gasteiger partial charge in [-0.05, 0) is 75.3 Å². The lowest BCUT2D eigenvalue weighted by molar-refractivity contribution is -0.113. The highest BCUT2D eigenvalue weighted by Crippen LogP contribution is 2.35. The summed E-state index contributed by atoms with van der Waals surface area (Å²) >= 11 is 2.94. The van der Waals surface area contributed by atoms with Crippen LogP contribution < -0.4 is 10.9 Å². The second-order valence-electron chi connectivity index (χ2n) is 8.87. The van der Waals surface area contributed by atoms with Crippen molar-refractivity contribution in [2.75, 3.05) is 11.1 Å². The van der Waals surface area contributed by atoms with E-state index in [2.05, 4.69) is 5.32 Å². The Morgan fingerprint density at radius 2 is 1.76 bits per heavy atom. The number of benzene rings is 2. The first-order valence-corrected chi connectivity index (χ1v) is 13.4. The maximum absolute atomic E-state index is 13.8. The number of anilines is 1. The van der Waals surface area contributed by atoms with Gasteiger partial charge in [0.1, 0.15) is 4.83 Å². The van der Waals surface area contributed by atoms with E-state index in [1.165, 1.54) is 22.2 Å². The quantitative estimate of drug-likeness (QED) is 0.277. The summed E-state index contributed by atoms with van der Waals surface area (Å²) in [5.74, 6) is 0.0561. The lowest BCUT2D eigenvalue weighted by Gasteiger charge is -2.14. The van der Waals surface area contributed by atoms with E-state index in [0.29, 0.717) is 5.16 Å². The van der Waals surface area contributed by atoms with Crippen LogP contribution in [0.4, 0.5) is 5.69 Å². The Labute approximate surface area is 207 Å². The van der Waals surface area contributed by atoms with Crippen LogP contribution in [0.25, 0.3) is 15.9 Å². The molecule has 2 aromatic heterocycles. The second kappa shape index (κ2) is 9.39. The van der Waals surface area contributed by atoms with Crippen LogP contribution in [0.3, 0.4) is 0 Å². The second-order valence-corrected chi connectivity index (χ2v) is 10.9. The Balaban J connectivity index is 1.53. The minimum Gasteiger partial charge on any atom is -0.325 e. The van der Waals surface area contributed by atoms with Crippen molar-refractivity contribution in [1.82, 2.24) is 9.55 Å². The Bertz CT molecular complexity index is 1430. The number of para-hydroxylation sites is 1. The zero-order chi connectivity index (χ0) is 23.8. The molecule has 2 aromatic carbocycles. The molecule has 4 aromatic rings. The molecule has 0 radical (unpaired) electrons. The minimum absolute atomic E-state index is 0.0362. The molecule has 2 heterocycles. The van der Waals surface area contributed by atoms with Gasteiger partial charge in [0.25, 0.3) is 5.56 Å². The molecule has 1 aliphatic carbocycles. The Morgan fingerprint density at radius 1 is 1.06 bits per heavy atom. The summed E-state index contributed by atoms with van der Waals surface area (Å²) in [7, 11) is 0. The van der Waals surface area contributed by atoms with Gasteiger partial charge in [0.15, 0.2) is 5.16 Å². The van der Waals surface area contributed by atoms with Crippen molar-refractivity contribution in [2.45, 2.75) is 51.6 Å². The molecule has 5 rings (SSSR count). The van der Waals surface area contributed by atoms with E-state index in [4.69, 9.17) is 4.98 Å². The molecule has 1 aliphatic rings. The monoisotopic (exact) mass is 489 g/mol. The molecule has 0 saturated heterocycles. The van der Waals surface area contributed by atoms with Crippen LogP contribution in [-0.4, -0.2) is 21.2 Å². The van der Waals surface area contributed by atoms with E-state index in [1.807, 2.05) is 63.2 Å². The van der Waals surface area contributed by atoms with Crippen LogP contribution in [0.5, 0.6) is 0 Å². The molecule has 0 aliphatic heterocycles. The van der Waals surface area contributed by atoms with Crippen molar-refractivity contribution >= 4 is 44.9 Å². The maximum atomic E-state index is 13.8. The topological polar surface area (TPSA) is 64.0 Å². The summed E-state index contributed by atoms with van der Waals surface area (Å²) in [6, 6.07) is 13.8. The van der Waals surface area contributed by atoms with Gasteiger partial charge in [0.2, 0.25) is 5.91 Å². The number of aromatic nitrogens is 2. The van der Waals surface area contributed by atoms with Gasteiger partial charge in [-0.2, -0.15) is 0 Å². The smallest absolute Gasteiger partial charge is 0.267 e. The number of carbonyl (C=O) groups excluding carboxylic acids is 1. The molecule has 0 unspecified atom stereocenters. The van der Waals surface area contributed by atoms with E-state index in [0.717, 1.165) is 64.0 Å². The molecule has 7 heteroatoms. The standard InChI is InChI=1S/C27H27N3O2S2/c1-16-11-13-19(14-12-16)30-26(32)23-20-9-4-5-10-21(20)34-25(23)29-27(30)33-15-22(31)28-24-17(2)7-6-8-18(24)3/h6-8,11-14H,4-5,9-10,15H2,1-3H3,(H,28,31). The predicted octanol–water partition coefficient (Wildman–Crippen LogP) is 5.98. The highest BCUT2D eigenvalue weighted by molar-refractivity contribution is 7.99. The number of thioether (sulfide) groups is 1. The summed E-state index contributed by atoms with van der Waals surface area (Å²) in [5.41, 5.74) is 5.94. The minimum atomic E-state index is -0.113.